The highest BCUT2D eigenvalue weighted by Crippen LogP contribution is 2.61. The smallest absolute Gasteiger partial charge is 0.232 e. The van der Waals surface area contributed by atoms with Gasteiger partial charge in [-0.15, -0.1) is 0 Å². The maximum Gasteiger partial charge on any atom is 0.232 e. The number of fused-ring (bicyclic) bond motifs is 1. The molecule has 2 bridgehead atoms. The van der Waals surface area contributed by atoms with Crippen LogP contribution in [0, 0.1) is 5.41 Å². The van der Waals surface area contributed by atoms with E-state index in [1.54, 1.807) is 18.6 Å². The molecule has 1 atom stereocenters. The minimum absolute atomic E-state index is 0.0111. The lowest BCUT2D eigenvalue weighted by Crippen LogP contribution is -2.47. The van der Waals surface area contributed by atoms with Crippen molar-refractivity contribution < 1.29 is 4.79 Å². The molecule has 1 heterocycles. The predicted molar refractivity (Wildman–Crippen MR) is 100.0 cm³/mol. The molecule has 1 N–H and O–H groups in total. The first-order chi connectivity index (χ1) is 12.7. The van der Waals surface area contributed by atoms with E-state index in [0.29, 0.717) is 5.82 Å². The van der Waals surface area contributed by atoms with Crippen molar-refractivity contribution in [1.82, 2.24) is 9.97 Å². The molecule has 1 amide bonds. The van der Waals surface area contributed by atoms with E-state index in [1.807, 2.05) is 0 Å². The maximum absolute atomic E-state index is 13.3. The molecule has 0 spiro atoms. The third-order valence-electron chi connectivity index (χ3n) is 5.95. The number of carbonyl (C=O) groups excluding carboxylic acids is 1. The summed E-state index contributed by atoms with van der Waals surface area (Å²) in [6, 6.07) is 17.1. The van der Waals surface area contributed by atoms with E-state index in [1.165, 1.54) is 22.3 Å². The fourth-order valence-electron chi connectivity index (χ4n) is 4.81. The Kier molecular flexibility index (Phi) is 3.23. The Hall–Kier alpha value is -3.01. The predicted octanol–water partition coefficient (Wildman–Crippen LogP) is 4.10. The van der Waals surface area contributed by atoms with Crippen molar-refractivity contribution in [2.75, 3.05) is 5.32 Å². The van der Waals surface area contributed by atoms with Gasteiger partial charge in [-0.2, -0.15) is 0 Å². The summed E-state index contributed by atoms with van der Waals surface area (Å²) >= 11 is 0. The number of rotatable bonds is 2. The van der Waals surface area contributed by atoms with Crippen LogP contribution >= 0.6 is 0 Å². The fraction of sp³-hybridized carbons (Fsp3) is 0.227. The molecular formula is C22H19N3O. The van der Waals surface area contributed by atoms with Crippen molar-refractivity contribution in [1.29, 1.82) is 0 Å². The van der Waals surface area contributed by atoms with Crippen LogP contribution in [-0.2, 0) is 4.79 Å². The zero-order chi connectivity index (χ0) is 17.7. The lowest BCUT2D eigenvalue weighted by molar-refractivity contribution is -0.126. The second kappa shape index (κ2) is 5.49. The van der Waals surface area contributed by atoms with Gasteiger partial charge in [0.15, 0.2) is 5.82 Å². The largest absolute Gasteiger partial charge is 0.309 e. The first kappa shape index (κ1) is 15.3. The van der Waals surface area contributed by atoms with E-state index in [-0.39, 0.29) is 17.7 Å². The molecule has 0 radical (unpaired) electrons. The van der Waals surface area contributed by atoms with Gasteiger partial charge in [-0.3, -0.25) is 9.78 Å². The summed E-state index contributed by atoms with van der Waals surface area (Å²) in [4.78, 5) is 21.6. The molecule has 1 unspecified atom stereocenters. The monoisotopic (exact) mass is 341 g/mol. The van der Waals surface area contributed by atoms with Crippen LogP contribution in [0.25, 0.3) is 0 Å². The number of hydrogen-bond donors (Lipinski definition) is 1. The van der Waals surface area contributed by atoms with Crippen molar-refractivity contribution >= 4 is 11.7 Å². The minimum atomic E-state index is -0.523. The Morgan fingerprint density at radius 1 is 1.00 bits per heavy atom. The zero-order valence-corrected chi connectivity index (χ0v) is 14.5. The van der Waals surface area contributed by atoms with Crippen LogP contribution in [0.3, 0.4) is 0 Å². The van der Waals surface area contributed by atoms with Crippen LogP contribution in [0.15, 0.2) is 67.1 Å². The molecule has 26 heavy (non-hydrogen) atoms. The SMILES string of the molecule is CC1(C(=O)Nc2cnccn2)CC2c3ccccc3C1c1ccccc12. The first-order valence-electron chi connectivity index (χ1n) is 8.93. The summed E-state index contributed by atoms with van der Waals surface area (Å²) in [7, 11) is 0. The second-order valence-electron chi connectivity index (χ2n) is 7.41. The van der Waals surface area contributed by atoms with Crippen molar-refractivity contribution in [3.63, 3.8) is 0 Å². The summed E-state index contributed by atoms with van der Waals surface area (Å²) in [5.41, 5.74) is 4.76. The number of amides is 1. The van der Waals surface area contributed by atoms with Gasteiger partial charge >= 0.3 is 0 Å². The average molecular weight is 341 g/mol. The quantitative estimate of drug-likeness (QED) is 0.763. The van der Waals surface area contributed by atoms with Gasteiger partial charge in [0.05, 0.1) is 11.6 Å². The van der Waals surface area contributed by atoms with Crippen molar-refractivity contribution in [3.05, 3.63) is 89.4 Å². The van der Waals surface area contributed by atoms with E-state index in [4.69, 9.17) is 0 Å². The number of hydrogen-bond acceptors (Lipinski definition) is 3. The molecule has 128 valence electrons. The minimum Gasteiger partial charge on any atom is -0.309 e. The van der Waals surface area contributed by atoms with Gasteiger partial charge < -0.3 is 5.32 Å². The normalized spacial score (nSPS) is 25.3. The third-order valence-corrected chi connectivity index (χ3v) is 5.95. The molecule has 0 fully saturated rings. The fourth-order valence-corrected chi connectivity index (χ4v) is 4.81. The van der Waals surface area contributed by atoms with Crippen molar-refractivity contribution in [2.24, 2.45) is 5.41 Å². The molecule has 1 aromatic heterocycles. The lowest BCUT2D eigenvalue weighted by Gasteiger charge is -2.50. The summed E-state index contributed by atoms with van der Waals surface area (Å²) in [5, 5.41) is 2.99. The third kappa shape index (κ3) is 2.05. The molecule has 6 rings (SSSR count). The lowest BCUT2D eigenvalue weighted by atomic mass is 9.52. The Labute approximate surface area is 152 Å². The standard InChI is InChI=1S/C22H19N3O/c1-22(21(26)25-19-13-23-10-11-24-19)12-18-14-6-2-4-8-16(14)20(22)17-9-5-3-7-15(17)18/h2-11,13,18,20H,12H2,1H3,(H,24,25,26). The van der Waals surface area contributed by atoms with Gasteiger partial charge in [0.1, 0.15) is 0 Å². The Morgan fingerprint density at radius 3 is 2.19 bits per heavy atom. The molecule has 3 aromatic rings. The van der Waals surface area contributed by atoms with Crippen LogP contribution in [0.2, 0.25) is 0 Å². The van der Waals surface area contributed by atoms with E-state index in [0.717, 1.165) is 6.42 Å². The van der Waals surface area contributed by atoms with Gasteiger partial charge in [0.25, 0.3) is 0 Å². The average Bonchev–Trinajstić information content (AvgIpc) is 2.69. The molecule has 3 aliphatic carbocycles. The van der Waals surface area contributed by atoms with Gasteiger partial charge in [0.2, 0.25) is 5.91 Å². The highest BCUT2D eigenvalue weighted by Gasteiger charge is 2.53. The zero-order valence-electron chi connectivity index (χ0n) is 14.5. The van der Waals surface area contributed by atoms with Gasteiger partial charge in [-0.25, -0.2) is 4.98 Å². The van der Waals surface area contributed by atoms with E-state index < -0.39 is 5.41 Å². The molecule has 4 heteroatoms. The molecule has 2 aromatic carbocycles. The molecule has 0 saturated heterocycles. The molecule has 4 nitrogen and oxygen atoms in total. The van der Waals surface area contributed by atoms with Gasteiger partial charge in [-0.05, 0) is 35.6 Å². The maximum atomic E-state index is 13.3. The van der Waals surface area contributed by atoms with Crippen molar-refractivity contribution in [2.45, 2.75) is 25.2 Å². The highest BCUT2D eigenvalue weighted by molar-refractivity contribution is 5.96. The first-order valence-corrected chi connectivity index (χ1v) is 8.93. The van der Waals surface area contributed by atoms with Crippen LogP contribution in [0.4, 0.5) is 5.82 Å². The van der Waals surface area contributed by atoms with Crippen LogP contribution in [0.1, 0.15) is 47.4 Å². The topological polar surface area (TPSA) is 54.9 Å². The van der Waals surface area contributed by atoms with E-state index in [9.17, 15) is 4.79 Å². The van der Waals surface area contributed by atoms with Gasteiger partial charge in [-0.1, -0.05) is 48.5 Å². The molecule has 3 aliphatic rings. The number of nitrogens with one attached hydrogen (secondary N) is 1. The summed E-state index contributed by atoms with van der Waals surface area (Å²) in [6.07, 6.45) is 5.59. The van der Waals surface area contributed by atoms with E-state index >= 15 is 0 Å². The van der Waals surface area contributed by atoms with Crippen LogP contribution in [0.5, 0.6) is 0 Å². The van der Waals surface area contributed by atoms with E-state index in [2.05, 4.69) is 70.7 Å². The molecule has 0 saturated carbocycles. The van der Waals surface area contributed by atoms with Gasteiger partial charge in [0, 0.05) is 24.2 Å². The number of nitrogens with zero attached hydrogens (tertiary/aromatic N) is 2. The molecular weight excluding hydrogens is 322 g/mol. The molecule has 0 aliphatic heterocycles. The number of anilines is 1. The highest BCUT2D eigenvalue weighted by atomic mass is 16.2. The summed E-state index contributed by atoms with van der Waals surface area (Å²) < 4.78 is 0. The Bertz CT molecular complexity index is 954. The summed E-state index contributed by atoms with van der Waals surface area (Å²) in [6.45, 7) is 2.09. The van der Waals surface area contributed by atoms with Crippen LogP contribution < -0.4 is 5.32 Å². The Balaban J connectivity index is 1.63. The number of carbonyl (C=O) groups is 1. The second-order valence-corrected chi connectivity index (χ2v) is 7.41. The van der Waals surface area contributed by atoms with Crippen molar-refractivity contribution in [3.8, 4) is 0 Å². The summed E-state index contributed by atoms with van der Waals surface area (Å²) in [5.74, 6) is 0.820. The Morgan fingerprint density at radius 2 is 1.62 bits per heavy atom. The number of aromatic nitrogens is 2. The number of benzene rings is 2. The van der Waals surface area contributed by atoms with Crippen LogP contribution in [-0.4, -0.2) is 15.9 Å².